The van der Waals surface area contributed by atoms with Crippen LogP contribution in [0.25, 0.3) is 11.7 Å². The molecule has 1 aliphatic heterocycles. The highest BCUT2D eigenvalue weighted by Gasteiger charge is 2.35. The van der Waals surface area contributed by atoms with Crippen molar-refractivity contribution in [1.82, 2.24) is 14.3 Å². The van der Waals surface area contributed by atoms with E-state index in [1.54, 1.807) is 17.2 Å². The molecule has 1 fully saturated rings. The molecule has 1 amide bonds. The lowest BCUT2D eigenvalue weighted by Crippen LogP contribution is -2.36. The Morgan fingerprint density at radius 1 is 1.31 bits per heavy atom. The Kier molecular flexibility index (Phi) is 6.43. The topological polar surface area (TPSA) is 66.7 Å². The van der Waals surface area contributed by atoms with Gasteiger partial charge >= 0.3 is 0 Å². The third-order valence-electron chi connectivity index (χ3n) is 4.89. The molecule has 3 heterocycles. The van der Waals surface area contributed by atoms with Gasteiger partial charge in [-0.3, -0.25) is 18.9 Å². The van der Waals surface area contributed by atoms with Crippen LogP contribution >= 0.6 is 24.0 Å². The van der Waals surface area contributed by atoms with E-state index in [2.05, 4.69) is 19.2 Å². The Morgan fingerprint density at radius 2 is 2.03 bits per heavy atom. The minimum absolute atomic E-state index is 0.0189. The number of anilines is 1. The Bertz CT molecular complexity index is 1060. The van der Waals surface area contributed by atoms with E-state index in [1.807, 2.05) is 32.9 Å². The summed E-state index contributed by atoms with van der Waals surface area (Å²) in [5, 5.41) is 3.28. The number of nitrogens with one attached hydrogen (secondary N) is 1. The van der Waals surface area contributed by atoms with Gasteiger partial charge in [0.25, 0.3) is 11.5 Å². The molecule has 0 unspecified atom stereocenters. The van der Waals surface area contributed by atoms with Crippen LogP contribution in [0.4, 0.5) is 5.82 Å². The van der Waals surface area contributed by atoms with Gasteiger partial charge in [-0.05, 0) is 43.9 Å². The molecule has 154 valence electrons. The quantitative estimate of drug-likeness (QED) is 0.550. The largest absolute Gasteiger partial charge is 0.369 e. The minimum Gasteiger partial charge on any atom is -0.369 e. The summed E-state index contributed by atoms with van der Waals surface area (Å²) in [5.74, 6) is 0.716. The van der Waals surface area contributed by atoms with Crippen LogP contribution in [0.2, 0.25) is 0 Å². The standard InChI is InChI=1S/C21H26N4O2S2/c1-6-14(5)25-20(27)16(29-21(25)28)10-15-17(22-11-12(2)3)23-18-13(4)8-7-9-24(18)19(15)26/h7-10,12,14,22H,6,11H2,1-5H3/b16-10-/t14-/m0/s1. The van der Waals surface area contributed by atoms with Crippen molar-refractivity contribution in [3.63, 3.8) is 0 Å². The fourth-order valence-electron chi connectivity index (χ4n) is 3.05. The summed E-state index contributed by atoms with van der Waals surface area (Å²) in [5.41, 5.74) is 1.68. The highest BCUT2D eigenvalue weighted by Crippen LogP contribution is 2.34. The first-order chi connectivity index (χ1) is 13.7. The van der Waals surface area contributed by atoms with E-state index in [4.69, 9.17) is 17.2 Å². The Labute approximate surface area is 180 Å². The summed E-state index contributed by atoms with van der Waals surface area (Å²) in [6, 6.07) is 3.76. The molecule has 3 rings (SSSR count). The van der Waals surface area contributed by atoms with Crippen LogP contribution < -0.4 is 10.9 Å². The number of fused-ring (bicyclic) bond motifs is 1. The summed E-state index contributed by atoms with van der Waals surface area (Å²) in [6.07, 6.45) is 4.14. The molecule has 0 aliphatic carbocycles. The molecule has 8 heteroatoms. The first kappa shape index (κ1) is 21.5. The number of thiocarbonyl (C=S) groups is 1. The number of pyridine rings is 1. The van der Waals surface area contributed by atoms with Gasteiger partial charge in [0.2, 0.25) is 0 Å². The molecule has 1 aliphatic rings. The zero-order valence-corrected chi connectivity index (χ0v) is 19.0. The number of hydrogen-bond donors (Lipinski definition) is 1. The Morgan fingerprint density at radius 3 is 2.69 bits per heavy atom. The maximum Gasteiger partial charge on any atom is 0.267 e. The summed E-state index contributed by atoms with van der Waals surface area (Å²) >= 11 is 6.65. The second-order valence-electron chi connectivity index (χ2n) is 7.65. The molecular formula is C21H26N4O2S2. The number of aryl methyl sites for hydroxylation is 1. The van der Waals surface area contributed by atoms with Crippen molar-refractivity contribution < 1.29 is 4.79 Å². The second kappa shape index (κ2) is 8.67. The van der Waals surface area contributed by atoms with Crippen molar-refractivity contribution in [2.75, 3.05) is 11.9 Å². The lowest BCUT2D eigenvalue weighted by Gasteiger charge is -2.21. The molecular weight excluding hydrogens is 404 g/mol. The molecule has 0 radical (unpaired) electrons. The SMILES string of the molecule is CC[C@H](C)N1C(=O)/C(=C/c2c(NCC(C)C)nc3c(C)cccn3c2=O)SC1=S. The summed E-state index contributed by atoms with van der Waals surface area (Å²) in [7, 11) is 0. The van der Waals surface area contributed by atoms with E-state index in [9.17, 15) is 9.59 Å². The van der Waals surface area contributed by atoms with Crippen molar-refractivity contribution in [1.29, 1.82) is 0 Å². The predicted octanol–water partition coefficient (Wildman–Crippen LogP) is 4.07. The van der Waals surface area contributed by atoms with Gasteiger partial charge in [-0.25, -0.2) is 4.98 Å². The number of aromatic nitrogens is 2. The smallest absolute Gasteiger partial charge is 0.267 e. The lowest BCUT2D eigenvalue weighted by molar-refractivity contribution is -0.123. The number of carbonyl (C=O) groups is 1. The Hall–Kier alpha value is -2.19. The van der Waals surface area contributed by atoms with Crippen LogP contribution in [0.1, 0.15) is 45.2 Å². The van der Waals surface area contributed by atoms with Gasteiger partial charge in [-0.2, -0.15) is 0 Å². The zero-order valence-electron chi connectivity index (χ0n) is 17.4. The van der Waals surface area contributed by atoms with E-state index < -0.39 is 0 Å². The van der Waals surface area contributed by atoms with Gasteiger partial charge in [-0.15, -0.1) is 0 Å². The minimum atomic E-state index is -0.209. The fourth-order valence-corrected chi connectivity index (χ4v) is 4.49. The molecule has 0 aromatic carbocycles. The van der Waals surface area contributed by atoms with Gasteiger partial charge in [0.05, 0.1) is 10.5 Å². The predicted molar refractivity (Wildman–Crippen MR) is 124 cm³/mol. The van der Waals surface area contributed by atoms with Crippen LogP contribution in [0.15, 0.2) is 28.0 Å². The molecule has 0 bridgehead atoms. The van der Waals surface area contributed by atoms with Crippen molar-refractivity contribution in [3.05, 3.63) is 44.7 Å². The van der Waals surface area contributed by atoms with E-state index in [1.165, 1.54) is 16.2 Å². The van der Waals surface area contributed by atoms with Gasteiger partial charge in [0.1, 0.15) is 15.8 Å². The third-order valence-corrected chi connectivity index (χ3v) is 6.22. The van der Waals surface area contributed by atoms with Crippen LogP contribution in [0.3, 0.4) is 0 Å². The Balaban J connectivity index is 2.15. The molecule has 29 heavy (non-hydrogen) atoms. The zero-order chi connectivity index (χ0) is 21.3. The lowest BCUT2D eigenvalue weighted by atomic mass is 10.2. The summed E-state index contributed by atoms with van der Waals surface area (Å²) in [6.45, 7) is 10.8. The van der Waals surface area contributed by atoms with Gasteiger partial charge in [0.15, 0.2) is 0 Å². The molecule has 1 atom stereocenters. The maximum absolute atomic E-state index is 13.3. The first-order valence-electron chi connectivity index (χ1n) is 9.77. The van der Waals surface area contributed by atoms with Crippen molar-refractivity contribution in [2.24, 2.45) is 5.92 Å². The number of amides is 1. The van der Waals surface area contributed by atoms with E-state index >= 15 is 0 Å². The average Bonchev–Trinajstić information content (AvgIpc) is 2.96. The molecule has 1 saturated heterocycles. The number of thioether (sulfide) groups is 1. The molecule has 1 N–H and O–H groups in total. The van der Waals surface area contributed by atoms with Crippen LogP contribution in [0.5, 0.6) is 0 Å². The first-order valence-corrected chi connectivity index (χ1v) is 11.0. The molecule has 0 spiro atoms. The number of hydrogen-bond acceptors (Lipinski definition) is 6. The molecule has 0 saturated carbocycles. The highest BCUT2D eigenvalue weighted by atomic mass is 32.2. The van der Waals surface area contributed by atoms with Crippen LogP contribution in [-0.2, 0) is 4.79 Å². The molecule has 6 nitrogen and oxygen atoms in total. The van der Waals surface area contributed by atoms with E-state index in [0.29, 0.717) is 38.7 Å². The van der Waals surface area contributed by atoms with Crippen molar-refractivity contribution in [2.45, 2.75) is 47.1 Å². The van der Waals surface area contributed by atoms with E-state index in [-0.39, 0.29) is 17.5 Å². The maximum atomic E-state index is 13.3. The second-order valence-corrected chi connectivity index (χ2v) is 9.32. The highest BCUT2D eigenvalue weighted by molar-refractivity contribution is 8.26. The van der Waals surface area contributed by atoms with Gasteiger partial charge < -0.3 is 5.32 Å². The van der Waals surface area contributed by atoms with E-state index in [0.717, 1.165) is 12.0 Å². The van der Waals surface area contributed by atoms with Crippen LogP contribution in [-0.4, -0.2) is 37.1 Å². The number of carbonyl (C=O) groups excluding carboxylic acids is 1. The van der Waals surface area contributed by atoms with Gasteiger partial charge in [0, 0.05) is 18.8 Å². The normalized spacial score (nSPS) is 17.0. The third kappa shape index (κ3) is 4.23. The van der Waals surface area contributed by atoms with Crippen molar-refractivity contribution >= 4 is 51.7 Å². The summed E-state index contributed by atoms with van der Waals surface area (Å²) < 4.78 is 2.05. The summed E-state index contributed by atoms with van der Waals surface area (Å²) in [4.78, 5) is 33.0. The monoisotopic (exact) mass is 430 g/mol. The van der Waals surface area contributed by atoms with Crippen LogP contribution in [0, 0.1) is 12.8 Å². The average molecular weight is 431 g/mol. The van der Waals surface area contributed by atoms with Crippen molar-refractivity contribution in [3.8, 4) is 0 Å². The number of nitrogens with zero attached hydrogens (tertiary/aromatic N) is 3. The molecule has 2 aromatic heterocycles. The van der Waals surface area contributed by atoms with Gasteiger partial charge in [-0.1, -0.05) is 50.8 Å². The fraction of sp³-hybridized carbons (Fsp3) is 0.429. The molecule has 2 aromatic rings. The number of rotatable bonds is 6.